The van der Waals surface area contributed by atoms with Crippen LogP contribution in [0.3, 0.4) is 0 Å². The van der Waals surface area contributed by atoms with Gasteiger partial charge in [0.1, 0.15) is 24.2 Å². The number of benzene rings is 1. The monoisotopic (exact) mass is 439 g/mol. The molecule has 1 aromatic carbocycles. The Balaban J connectivity index is 0.000000376. The van der Waals surface area contributed by atoms with E-state index in [0.29, 0.717) is 24.3 Å². The molecule has 0 radical (unpaired) electrons. The third-order valence-corrected chi connectivity index (χ3v) is 6.37. The fraction of sp³-hybridized carbons (Fsp3) is 0.667. The van der Waals surface area contributed by atoms with Gasteiger partial charge >= 0.3 is 5.97 Å². The molecule has 27 heavy (non-hydrogen) atoms. The summed E-state index contributed by atoms with van der Waals surface area (Å²) in [6.07, 6.45) is 4.86. The van der Waals surface area contributed by atoms with Crippen LogP contribution >= 0.6 is 15.9 Å². The van der Waals surface area contributed by atoms with E-state index in [1.54, 1.807) is 0 Å². The number of halogens is 1. The van der Waals surface area contributed by atoms with Gasteiger partial charge in [0.25, 0.3) is 0 Å². The summed E-state index contributed by atoms with van der Waals surface area (Å²) < 4.78 is 11.4. The highest BCUT2D eigenvalue weighted by molar-refractivity contribution is 9.09. The molecule has 3 heterocycles. The van der Waals surface area contributed by atoms with Gasteiger partial charge in [0.2, 0.25) is 0 Å². The average molecular weight is 440 g/mol. The van der Waals surface area contributed by atoms with Crippen molar-refractivity contribution in [2.45, 2.75) is 68.9 Å². The van der Waals surface area contributed by atoms with Crippen LogP contribution in [0, 0.1) is 0 Å². The molecule has 3 aliphatic rings. The number of carbonyl (C=O) groups excluding carboxylic acids is 1. The number of aliphatic hydroxyl groups is 1. The van der Waals surface area contributed by atoms with Crippen molar-refractivity contribution in [2.75, 3.05) is 19.0 Å². The Labute approximate surface area is 170 Å². The number of piperidine rings is 1. The lowest BCUT2D eigenvalue weighted by Gasteiger charge is -2.38. The minimum absolute atomic E-state index is 0.0622. The third kappa shape index (κ3) is 4.73. The molecule has 2 bridgehead atoms. The first-order chi connectivity index (χ1) is 13.1. The molecule has 150 valence electrons. The van der Waals surface area contributed by atoms with Crippen molar-refractivity contribution < 1.29 is 19.4 Å². The van der Waals surface area contributed by atoms with Crippen molar-refractivity contribution in [1.29, 1.82) is 0 Å². The van der Waals surface area contributed by atoms with Crippen molar-refractivity contribution in [2.24, 2.45) is 0 Å². The summed E-state index contributed by atoms with van der Waals surface area (Å²) in [5.74, 6) is -0.915. The Morgan fingerprint density at radius 2 is 1.93 bits per heavy atom. The van der Waals surface area contributed by atoms with Crippen molar-refractivity contribution in [3.63, 3.8) is 0 Å². The Morgan fingerprint density at radius 3 is 2.41 bits per heavy atom. The predicted molar refractivity (Wildman–Crippen MR) is 108 cm³/mol. The minimum Gasteiger partial charge on any atom is -0.462 e. The first-order valence-electron chi connectivity index (χ1n) is 9.90. The van der Waals surface area contributed by atoms with E-state index in [1.165, 1.54) is 12.8 Å². The number of ether oxygens (including phenoxy) is 2. The molecular weight excluding hydrogens is 410 g/mol. The number of hydrogen-bond donors (Lipinski definition) is 1. The lowest BCUT2D eigenvalue weighted by atomic mass is 9.97. The number of alkyl halides is 1. The van der Waals surface area contributed by atoms with Gasteiger partial charge in [0.15, 0.2) is 0 Å². The summed E-state index contributed by atoms with van der Waals surface area (Å²) in [6.45, 7) is 1.96. The number of morpholine rings is 1. The summed E-state index contributed by atoms with van der Waals surface area (Å²) in [7, 11) is 2.13. The molecule has 1 N–H and O–H groups in total. The maximum Gasteiger partial charge on any atom is 0.316 e. The van der Waals surface area contributed by atoms with Crippen LogP contribution in [0.1, 0.15) is 44.1 Å². The van der Waals surface area contributed by atoms with Crippen LogP contribution in [-0.4, -0.2) is 65.4 Å². The second kappa shape index (κ2) is 9.50. The second-order valence-electron chi connectivity index (χ2n) is 7.58. The average Bonchev–Trinajstić information content (AvgIpc) is 3.43. The number of likely N-dealkylation sites (N-methyl/N-ethyl adjacent to an activating group) is 1. The minimum atomic E-state index is -0.593. The maximum atomic E-state index is 12.4. The Hall–Kier alpha value is -0.950. The summed E-state index contributed by atoms with van der Waals surface area (Å²) in [5.41, 5.74) is 0.803. The molecule has 0 aliphatic carbocycles. The summed E-state index contributed by atoms with van der Waals surface area (Å²) in [6, 6.07) is 10.1. The highest BCUT2D eigenvalue weighted by Crippen LogP contribution is 2.48. The van der Waals surface area contributed by atoms with E-state index in [9.17, 15) is 9.90 Å². The molecule has 3 saturated heterocycles. The van der Waals surface area contributed by atoms with Gasteiger partial charge in [0, 0.05) is 30.3 Å². The maximum absolute atomic E-state index is 12.4. The van der Waals surface area contributed by atoms with E-state index in [0.717, 1.165) is 23.7 Å². The van der Waals surface area contributed by atoms with E-state index in [2.05, 4.69) is 34.8 Å². The molecule has 0 aromatic heterocycles. The second-order valence-corrected chi connectivity index (χ2v) is 8.38. The fourth-order valence-electron chi connectivity index (χ4n) is 4.18. The van der Waals surface area contributed by atoms with Gasteiger partial charge in [-0.3, -0.25) is 9.69 Å². The molecular formula is C21H30BrNO4. The summed E-state index contributed by atoms with van der Waals surface area (Å²) in [5, 5.41) is 10.7. The number of aliphatic hydroxyl groups excluding tert-OH is 1. The largest absolute Gasteiger partial charge is 0.462 e. The van der Waals surface area contributed by atoms with Crippen LogP contribution in [0.15, 0.2) is 30.3 Å². The molecule has 5 nitrogen and oxygen atoms in total. The van der Waals surface area contributed by atoms with Crippen LogP contribution in [0.5, 0.6) is 0 Å². The number of carbonyl (C=O) groups is 1. The zero-order valence-corrected chi connectivity index (χ0v) is 17.7. The van der Waals surface area contributed by atoms with E-state index in [-0.39, 0.29) is 18.7 Å². The van der Waals surface area contributed by atoms with E-state index in [4.69, 9.17) is 9.47 Å². The van der Waals surface area contributed by atoms with Crippen molar-refractivity contribution in [3.05, 3.63) is 35.9 Å². The molecule has 4 rings (SSSR count). The van der Waals surface area contributed by atoms with Gasteiger partial charge in [-0.2, -0.15) is 0 Å². The predicted octanol–water partition coefficient (Wildman–Crippen LogP) is 3.10. The van der Waals surface area contributed by atoms with Crippen molar-refractivity contribution >= 4 is 21.9 Å². The van der Waals surface area contributed by atoms with Gasteiger partial charge in [-0.25, -0.2) is 0 Å². The molecule has 0 amide bonds. The summed E-state index contributed by atoms with van der Waals surface area (Å²) >= 11 is 3.31. The van der Waals surface area contributed by atoms with Crippen LogP contribution in [0.2, 0.25) is 0 Å². The van der Waals surface area contributed by atoms with Gasteiger partial charge in [0.05, 0.1) is 6.61 Å². The lowest BCUT2D eigenvalue weighted by Crippen LogP contribution is -2.48. The lowest BCUT2D eigenvalue weighted by molar-refractivity contribution is -0.156. The topological polar surface area (TPSA) is 62.3 Å². The molecule has 1 aromatic rings. The standard InChI is InChI=1S/C17H21NO4.C4H9Br/c1-18-13-7-11(8-14(18)16-15(13)22-16)21-17(20)12(9-19)10-5-3-2-4-6-10;1-2-3-4-5/h2-6,11-16,19H,7-9H2,1H3;2-4H2,1H3/t11?,12-,13-,14+,15-,16+;/m1./s1. The SMILES string of the molecule is CCCCBr.CN1[C@@H]2CC(OC(=O)[C@H](CO)c3ccccc3)C[C@H]1[C@@H]1O[C@@H]12. The first-order valence-corrected chi connectivity index (χ1v) is 11.0. The molecule has 0 saturated carbocycles. The van der Waals surface area contributed by atoms with Crippen molar-refractivity contribution in [1.82, 2.24) is 4.90 Å². The van der Waals surface area contributed by atoms with E-state index < -0.39 is 5.92 Å². The van der Waals surface area contributed by atoms with Crippen LogP contribution in [-0.2, 0) is 14.3 Å². The van der Waals surface area contributed by atoms with Gasteiger partial charge in [-0.15, -0.1) is 0 Å². The molecule has 6 atom stereocenters. The zero-order valence-electron chi connectivity index (χ0n) is 16.1. The number of nitrogens with zero attached hydrogens (tertiary/aromatic N) is 1. The highest BCUT2D eigenvalue weighted by Gasteiger charge is 2.62. The Kier molecular flexibility index (Phi) is 7.31. The quantitative estimate of drug-likeness (QED) is 0.419. The number of hydrogen-bond acceptors (Lipinski definition) is 5. The normalized spacial score (nSPS) is 32.1. The zero-order chi connectivity index (χ0) is 19.4. The van der Waals surface area contributed by atoms with Gasteiger partial charge in [-0.05, 0) is 19.0 Å². The van der Waals surface area contributed by atoms with Crippen molar-refractivity contribution in [3.8, 4) is 0 Å². The third-order valence-electron chi connectivity index (χ3n) is 5.81. The first kappa shape index (κ1) is 20.8. The smallest absolute Gasteiger partial charge is 0.316 e. The van der Waals surface area contributed by atoms with E-state index >= 15 is 0 Å². The number of rotatable bonds is 6. The number of unbranched alkanes of at least 4 members (excludes halogenated alkanes) is 1. The molecule has 3 fully saturated rings. The van der Waals surface area contributed by atoms with Crippen LogP contribution in [0.4, 0.5) is 0 Å². The molecule has 0 spiro atoms. The Bertz CT molecular complexity index is 593. The number of esters is 1. The number of epoxide rings is 1. The molecule has 3 aliphatic heterocycles. The molecule has 1 unspecified atom stereocenters. The van der Waals surface area contributed by atoms with Gasteiger partial charge < -0.3 is 14.6 Å². The number of fused-ring (bicyclic) bond motifs is 5. The van der Waals surface area contributed by atoms with Crippen LogP contribution < -0.4 is 0 Å². The highest BCUT2D eigenvalue weighted by atomic mass is 79.9. The molecule has 6 heteroatoms. The summed E-state index contributed by atoms with van der Waals surface area (Å²) in [4.78, 5) is 14.8. The fourth-order valence-corrected chi connectivity index (χ4v) is 4.74. The van der Waals surface area contributed by atoms with Gasteiger partial charge in [-0.1, -0.05) is 59.6 Å². The Morgan fingerprint density at radius 1 is 1.30 bits per heavy atom. The van der Waals surface area contributed by atoms with E-state index in [1.807, 2.05) is 30.3 Å². The van der Waals surface area contributed by atoms with Crippen LogP contribution in [0.25, 0.3) is 0 Å².